The lowest BCUT2D eigenvalue weighted by molar-refractivity contribution is 0.404. The number of hydrogen-bond donors (Lipinski definition) is 1. The summed E-state index contributed by atoms with van der Waals surface area (Å²) in [6.45, 7) is 0. The number of aromatic nitrogens is 1. The normalized spacial score (nSPS) is 31.3. The summed E-state index contributed by atoms with van der Waals surface area (Å²) in [4.78, 5) is 4.36. The molecule has 2 aliphatic rings. The molecule has 2 N–H and O–H groups in total. The highest BCUT2D eigenvalue weighted by molar-refractivity contribution is 5.79. The molecule has 2 heteroatoms. The van der Waals surface area contributed by atoms with Gasteiger partial charge in [-0.2, -0.15) is 0 Å². The van der Waals surface area contributed by atoms with Gasteiger partial charge in [-0.05, 0) is 60.8 Å². The molecule has 18 heavy (non-hydrogen) atoms. The Balaban J connectivity index is 1.65. The maximum absolute atomic E-state index is 6.45. The second kappa shape index (κ2) is 3.79. The third kappa shape index (κ3) is 1.64. The minimum Gasteiger partial charge on any atom is -0.324 e. The highest BCUT2D eigenvalue weighted by Crippen LogP contribution is 2.56. The SMILES string of the molecule is NC(c1ccc2ncccc2c1)C1CC2CC2C1. The monoisotopic (exact) mass is 238 g/mol. The summed E-state index contributed by atoms with van der Waals surface area (Å²) in [6.07, 6.45) is 5.99. The van der Waals surface area contributed by atoms with Crippen molar-refractivity contribution in [3.05, 3.63) is 42.1 Å². The Hall–Kier alpha value is -1.41. The molecule has 2 nitrogen and oxygen atoms in total. The Morgan fingerprint density at radius 3 is 2.78 bits per heavy atom. The van der Waals surface area contributed by atoms with Gasteiger partial charge in [0.05, 0.1) is 5.52 Å². The van der Waals surface area contributed by atoms with Gasteiger partial charge in [-0.15, -0.1) is 0 Å². The van der Waals surface area contributed by atoms with Crippen molar-refractivity contribution in [2.75, 3.05) is 0 Å². The zero-order valence-electron chi connectivity index (χ0n) is 10.4. The number of fused-ring (bicyclic) bond motifs is 2. The molecule has 0 spiro atoms. The van der Waals surface area contributed by atoms with E-state index in [0.29, 0.717) is 5.92 Å². The predicted molar refractivity (Wildman–Crippen MR) is 73.0 cm³/mol. The van der Waals surface area contributed by atoms with Crippen molar-refractivity contribution in [2.24, 2.45) is 23.5 Å². The van der Waals surface area contributed by atoms with Gasteiger partial charge in [0, 0.05) is 17.6 Å². The van der Waals surface area contributed by atoms with Crippen LogP contribution >= 0.6 is 0 Å². The summed E-state index contributed by atoms with van der Waals surface area (Å²) in [5, 5.41) is 1.20. The second-order valence-electron chi connectivity index (χ2n) is 5.97. The molecule has 3 atom stereocenters. The van der Waals surface area contributed by atoms with Gasteiger partial charge in [0.1, 0.15) is 0 Å². The molecule has 0 saturated heterocycles. The average Bonchev–Trinajstić information content (AvgIpc) is 3.04. The van der Waals surface area contributed by atoms with Crippen LogP contribution < -0.4 is 5.73 Å². The minimum atomic E-state index is 0.211. The number of nitrogens with zero attached hydrogens (tertiary/aromatic N) is 1. The third-order valence-electron chi connectivity index (χ3n) is 4.80. The van der Waals surface area contributed by atoms with Crippen molar-refractivity contribution < 1.29 is 0 Å². The summed E-state index contributed by atoms with van der Waals surface area (Å²) in [5.74, 6) is 2.70. The van der Waals surface area contributed by atoms with Gasteiger partial charge in [-0.25, -0.2) is 0 Å². The van der Waals surface area contributed by atoms with E-state index < -0.39 is 0 Å². The highest BCUT2D eigenvalue weighted by Gasteiger charge is 2.47. The van der Waals surface area contributed by atoms with Crippen molar-refractivity contribution >= 4 is 10.9 Å². The van der Waals surface area contributed by atoms with Crippen molar-refractivity contribution in [2.45, 2.75) is 25.3 Å². The van der Waals surface area contributed by atoms with Crippen LogP contribution in [0.1, 0.15) is 30.9 Å². The molecule has 92 valence electrons. The Morgan fingerprint density at radius 2 is 1.94 bits per heavy atom. The van der Waals surface area contributed by atoms with Crippen LogP contribution in [0.15, 0.2) is 36.5 Å². The second-order valence-corrected chi connectivity index (χ2v) is 5.97. The van der Waals surface area contributed by atoms with Crippen LogP contribution in [0.4, 0.5) is 0 Å². The van der Waals surface area contributed by atoms with Crippen LogP contribution in [0.3, 0.4) is 0 Å². The molecule has 2 aromatic rings. The summed E-state index contributed by atoms with van der Waals surface area (Å²) < 4.78 is 0. The van der Waals surface area contributed by atoms with E-state index in [4.69, 9.17) is 5.73 Å². The van der Waals surface area contributed by atoms with Gasteiger partial charge >= 0.3 is 0 Å². The topological polar surface area (TPSA) is 38.9 Å². The quantitative estimate of drug-likeness (QED) is 0.872. The van der Waals surface area contributed by atoms with Gasteiger partial charge in [0.25, 0.3) is 0 Å². The Morgan fingerprint density at radius 1 is 1.11 bits per heavy atom. The summed E-state index contributed by atoms with van der Waals surface area (Å²) in [7, 11) is 0. The largest absolute Gasteiger partial charge is 0.324 e. The number of pyridine rings is 1. The Kier molecular flexibility index (Phi) is 2.21. The Labute approximate surface area is 107 Å². The molecule has 1 aromatic carbocycles. The molecule has 1 heterocycles. The standard InChI is InChI=1S/C16H18N2/c17-16(14-8-12-7-13(12)9-14)11-3-4-15-10(6-11)2-1-5-18-15/h1-6,12-14,16H,7-9,17H2. The van der Waals surface area contributed by atoms with Crippen LogP contribution in [0.5, 0.6) is 0 Å². The molecule has 1 aromatic heterocycles. The van der Waals surface area contributed by atoms with Gasteiger partial charge in [-0.3, -0.25) is 4.98 Å². The molecule has 2 fully saturated rings. The summed E-state index contributed by atoms with van der Waals surface area (Å²) >= 11 is 0. The number of hydrogen-bond acceptors (Lipinski definition) is 2. The molecule has 0 amide bonds. The number of benzene rings is 1. The summed E-state index contributed by atoms with van der Waals surface area (Å²) in [5.41, 5.74) is 8.79. The smallest absolute Gasteiger partial charge is 0.0702 e. The van der Waals surface area contributed by atoms with E-state index >= 15 is 0 Å². The molecular weight excluding hydrogens is 220 g/mol. The van der Waals surface area contributed by atoms with Crippen LogP contribution in [-0.4, -0.2) is 4.98 Å². The summed E-state index contributed by atoms with van der Waals surface area (Å²) in [6, 6.07) is 10.8. The molecular formula is C16H18N2. The molecule has 2 saturated carbocycles. The van der Waals surface area contributed by atoms with Crippen molar-refractivity contribution in [1.82, 2.24) is 4.98 Å². The zero-order chi connectivity index (χ0) is 12.1. The average molecular weight is 238 g/mol. The maximum atomic E-state index is 6.45. The van der Waals surface area contributed by atoms with E-state index in [2.05, 4.69) is 29.2 Å². The molecule has 0 aliphatic heterocycles. The van der Waals surface area contributed by atoms with Crippen LogP contribution in [-0.2, 0) is 0 Å². The van der Waals surface area contributed by atoms with E-state index in [9.17, 15) is 0 Å². The fraction of sp³-hybridized carbons (Fsp3) is 0.438. The predicted octanol–water partition coefficient (Wildman–Crippen LogP) is 3.28. The van der Waals surface area contributed by atoms with Gasteiger partial charge in [-0.1, -0.05) is 12.1 Å². The fourth-order valence-corrected chi connectivity index (χ4v) is 3.63. The van der Waals surface area contributed by atoms with E-state index in [-0.39, 0.29) is 6.04 Å². The van der Waals surface area contributed by atoms with E-state index in [1.54, 1.807) is 0 Å². The number of rotatable bonds is 2. The third-order valence-corrected chi connectivity index (χ3v) is 4.80. The van der Waals surface area contributed by atoms with Gasteiger partial charge in [0.15, 0.2) is 0 Å². The maximum Gasteiger partial charge on any atom is 0.0702 e. The van der Waals surface area contributed by atoms with E-state index in [1.165, 1.54) is 30.2 Å². The first kappa shape index (κ1) is 10.5. The first-order valence-electron chi connectivity index (χ1n) is 6.91. The lowest BCUT2D eigenvalue weighted by Gasteiger charge is -2.21. The van der Waals surface area contributed by atoms with Crippen molar-refractivity contribution in [3.63, 3.8) is 0 Å². The van der Waals surface area contributed by atoms with Crippen LogP contribution in [0.2, 0.25) is 0 Å². The first-order chi connectivity index (χ1) is 8.81. The first-order valence-corrected chi connectivity index (χ1v) is 6.91. The fourth-order valence-electron chi connectivity index (χ4n) is 3.63. The van der Waals surface area contributed by atoms with Crippen molar-refractivity contribution in [3.8, 4) is 0 Å². The van der Waals surface area contributed by atoms with Crippen LogP contribution in [0.25, 0.3) is 10.9 Å². The van der Waals surface area contributed by atoms with Crippen molar-refractivity contribution in [1.29, 1.82) is 0 Å². The molecule has 2 aliphatic carbocycles. The van der Waals surface area contributed by atoms with Gasteiger partial charge in [0.2, 0.25) is 0 Å². The van der Waals surface area contributed by atoms with Gasteiger partial charge < -0.3 is 5.73 Å². The lowest BCUT2D eigenvalue weighted by atomic mass is 9.89. The minimum absolute atomic E-state index is 0.211. The molecule has 4 rings (SSSR count). The lowest BCUT2D eigenvalue weighted by Crippen LogP contribution is -2.20. The molecule has 3 unspecified atom stereocenters. The zero-order valence-corrected chi connectivity index (χ0v) is 10.4. The molecule has 0 bridgehead atoms. The highest BCUT2D eigenvalue weighted by atomic mass is 14.7. The Bertz CT molecular complexity index is 582. The van der Waals surface area contributed by atoms with E-state index in [1.807, 2.05) is 12.3 Å². The van der Waals surface area contributed by atoms with Crippen LogP contribution in [0, 0.1) is 17.8 Å². The molecule has 0 radical (unpaired) electrons. The van der Waals surface area contributed by atoms with E-state index in [0.717, 1.165) is 17.4 Å². The number of nitrogens with two attached hydrogens (primary N) is 1.